The first-order valence-corrected chi connectivity index (χ1v) is 1.71. The zero-order chi connectivity index (χ0) is 10.8. The first kappa shape index (κ1) is 39.8. The van der Waals surface area contributed by atoms with E-state index in [0.717, 1.165) is 0 Å². The predicted octanol–water partition coefficient (Wildman–Crippen LogP) is -4.69. The Morgan fingerprint density at radius 2 is 0.571 bits per heavy atom. The van der Waals surface area contributed by atoms with E-state index in [2.05, 4.69) is 0 Å². The minimum Gasteiger partial charge on any atom is -0.812 e. The van der Waals surface area contributed by atoms with Crippen molar-refractivity contribution in [1.82, 2.24) is 0 Å². The summed E-state index contributed by atoms with van der Waals surface area (Å²) in [6, 6.07) is 0. The molecule has 0 aromatic carbocycles. The van der Waals surface area contributed by atoms with Gasteiger partial charge in [-0.05, 0) is 0 Å². The Kier molecular flexibility index (Phi) is 685. The molecule has 1 radical (unpaired) electrons. The Hall–Kier alpha value is -1.80. The SMILES string of the molecule is N#C[O-].N#C[O-].N#C[O-].N#C[O-].[Fe+2].[Mn+2]. The molecule has 75 valence electrons. The van der Waals surface area contributed by atoms with Crippen LogP contribution in [0.5, 0.6) is 0 Å². The van der Waals surface area contributed by atoms with Gasteiger partial charge in [-0.3, -0.25) is 0 Å². The molecule has 0 aromatic rings. The van der Waals surface area contributed by atoms with E-state index in [1.807, 2.05) is 0 Å². The third kappa shape index (κ3) is 266. The Labute approximate surface area is 101 Å². The Balaban J connectivity index is -0.0000000145. The van der Waals surface area contributed by atoms with E-state index in [-0.39, 0.29) is 34.1 Å². The summed E-state index contributed by atoms with van der Waals surface area (Å²) in [5.74, 6) is 0. The molecule has 0 saturated heterocycles. The monoisotopic (exact) mass is 279 g/mol. The standard InChI is InChI=1S/4CHNO.Fe.Mn/c4*2-1-3;;/h4*3H;;/q;;;;2*+2/p-4. The van der Waals surface area contributed by atoms with Crippen LogP contribution in [0.2, 0.25) is 0 Å². The van der Waals surface area contributed by atoms with Crippen LogP contribution in [-0.4, -0.2) is 0 Å². The van der Waals surface area contributed by atoms with Gasteiger partial charge in [-0.1, -0.05) is 0 Å². The molecule has 0 unspecified atom stereocenters. The smallest absolute Gasteiger partial charge is 0.812 e. The first-order chi connectivity index (χ1) is 5.66. The minimum atomic E-state index is 0. The van der Waals surface area contributed by atoms with Crippen molar-refractivity contribution in [3.8, 4) is 25.0 Å². The average Bonchev–Trinajstić information content (AvgIpc) is 1.92. The van der Waals surface area contributed by atoms with Crippen LogP contribution >= 0.6 is 0 Å². The third-order valence-electron chi connectivity index (χ3n) is 0. The zero-order valence-electron chi connectivity index (χ0n) is 6.15. The van der Waals surface area contributed by atoms with Crippen molar-refractivity contribution in [2.24, 2.45) is 0 Å². The molecule has 0 heterocycles. The second-order valence-corrected chi connectivity index (χ2v) is 0.365. The van der Waals surface area contributed by atoms with Gasteiger partial charge in [0.15, 0.2) is 0 Å². The summed E-state index contributed by atoms with van der Waals surface area (Å²) < 4.78 is 0. The quantitative estimate of drug-likeness (QED) is 0.312. The van der Waals surface area contributed by atoms with Crippen molar-refractivity contribution in [1.29, 1.82) is 21.0 Å². The van der Waals surface area contributed by atoms with Crippen molar-refractivity contribution in [2.75, 3.05) is 0 Å². The van der Waals surface area contributed by atoms with E-state index in [4.69, 9.17) is 41.5 Å². The number of nitrogens with zero attached hydrogens (tertiary/aromatic N) is 4. The summed E-state index contributed by atoms with van der Waals surface area (Å²) in [5, 5.41) is 60.0. The second-order valence-electron chi connectivity index (χ2n) is 0.365. The van der Waals surface area contributed by atoms with Crippen LogP contribution in [0, 0.1) is 46.1 Å². The van der Waals surface area contributed by atoms with Gasteiger partial charge in [0.05, 0.1) is 0 Å². The fraction of sp³-hybridized carbons (Fsp3) is 0. The van der Waals surface area contributed by atoms with Crippen LogP contribution < -0.4 is 20.4 Å². The van der Waals surface area contributed by atoms with Crippen LogP contribution in [0.15, 0.2) is 0 Å². The molecular weight excluding hydrogens is 279 g/mol. The zero-order valence-corrected chi connectivity index (χ0v) is 8.44. The Morgan fingerprint density at radius 1 is 0.571 bits per heavy atom. The molecule has 0 aliphatic heterocycles. The molecule has 0 saturated carbocycles. The summed E-state index contributed by atoms with van der Waals surface area (Å²) in [4.78, 5) is 0. The van der Waals surface area contributed by atoms with Gasteiger partial charge in [-0.15, -0.1) is 0 Å². The van der Waals surface area contributed by atoms with Crippen molar-refractivity contribution < 1.29 is 54.6 Å². The van der Waals surface area contributed by atoms with Gasteiger partial charge in [0.2, 0.25) is 0 Å². The van der Waals surface area contributed by atoms with E-state index in [0.29, 0.717) is 25.0 Å². The molecule has 0 bridgehead atoms. The van der Waals surface area contributed by atoms with E-state index in [9.17, 15) is 0 Å². The molecule has 0 amide bonds. The number of hydrogen-bond acceptors (Lipinski definition) is 8. The van der Waals surface area contributed by atoms with Crippen LogP contribution in [0.25, 0.3) is 0 Å². The van der Waals surface area contributed by atoms with Crippen molar-refractivity contribution in [2.45, 2.75) is 0 Å². The van der Waals surface area contributed by atoms with Gasteiger partial charge >= 0.3 is 34.1 Å². The van der Waals surface area contributed by atoms with Gasteiger partial charge in [-0.2, -0.15) is 0 Å². The molecule has 0 fully saturated rings. The molecule has 0 aliphatic rings. The fourth-order valence-corrected chi connectivity index (χ4v) is 0. The van der Waals surface area contributed by atoms with E-state index < -0.39 is 0 Å². The van der Waals surface area contributed by atoms with Crippen LogP contribution in [0.3, 0.4) is 0 Å². The molecule has 0 rings (SSSR count). The fourth-order valence-electron chi connectivity index (χ4n) is 0. The molecule has 0 N–H and O–H groups in total. The Bertz CT molecular complexity index is 163. The molecule has 0 spiro atoms. The van der Waals surface area contributed by atoms with Crippen LogP contribution in [-0.2, 0) is 34.1 Å². The molecule has 14 heavy (non-hydrogen) atoms. The largest absolute Gasteiger partial charge is 2.00 e. The van der Waals surface area contributed by atoms with Crippen LogP contribution in [0.4, 0.5) is 0 Å². The molecule has 0 atom stereocenters. The number of hydrogen-bond donors (Lipinski definition) is 0. The maximum absolute atomic E-state index is 8.24. The topological polar surface area (TPSA) is 187 Å². The average molecular weight is 279 g/mol. The summed E-state index contributed by atoms with van der Waals surface area (Å²) in [5.41, 5.74) is 0. The minimum absolute atomic E-state index is 0. The van der Waals surface area contributed by atoms with Gasteiger partial charge in [0.25, 0.3) is 0 Å². The van der Waals surface area contributed by atoms with Crippen molar-refractivity contribution >= 4 is 0 Å². The molecular formula is C4FeMnN4O4. The summed E-state index contributed by atoms with van der Waals surface area (Å²) in [6.07, 6.45) is 2.00. The summed E-state index contributed by atoms with van der Waals surface area (Å²) in [6.45, 7) is 0. The van der Waals surface area contributed by atoms with Gasteiger partial charge < -0.3 is 20.4 Å². The molecule has 0 aliphatic carbocycles. The Morgan fingerprint density at radius 3 is 0.571 bits per heavy atom. The van der Waals surface area contributed by atoms with E-state index in [1.165, 1.54) is 0 Å². The van der Waals surface area contributed by atoms with Crippen molar-refractivity contribution in [3.05, 3.63) is 0 Å². The molecule has 0 aromatic heterocycles. The van der Waals surface area contributed by atoms with Crippen molar-refractivity contribution in [3.63, 3.8) is 0 Å². The van der Waals surface area contributed by atoms with E-state index >= 15 is 0 Å². The number of nitriles is 4. The first-order valence-electron chi connectivity index (χ1n) is 1.71. The predicted molar refractivity (Wildman–Crippen MR) is 22.5 cm³/mol. The summed E-state index contributed by atoms with van der Waals surface area (Å²) >= 11 is 0. The molecule has 10 heteroatoms. The second kappa shape index (κ2) is 241. The van der Waals surface area contributed by atoms with Crippen LogP contribution in [0.1, 0.15) is 0 Å². The summed E-state index contributed by atoms with van der Waals surface area (Å²) in [7, 11) is 0. The normalized spacial score (nSPS) is 2.00. The van der Waals surface area contributed by atoms with Gasteiger partial charge in [0, 0.05) is 25.0 Å². The molecule has 8 nitrogen and oxygen atoms in total. The maximum atomic E-state index is 8.24. The van der Waals surface area contributed by atoms with Gasteiger partial charge in [-0.25, -0.2) is 21.0 Å². The van der Waals surface area contributed by atoms with Gasteiger partial charge in [0.1, 0.15) is 0 Å². The maximum Gasteiger partial charge on any atom is 2.00 e. The van der Waals surface area contributed by atoms with E-state index in [1.54, 1.807) is 0 Å². The number of rotatable bonds is 0. The third-order valence-corrected chi connectivity index (χ3v) is 0.